The van der Waals surface area contributed by atoms with Gasteiger partial charge in [-0.3, -0.25) is 9.59 Å². The predicted molar refractivity (Wildman–Crippen MR) is 95.1 cm³/mol. The summed E-state index contributed by atoms with van der Waals surface area (Å²) in [6.07, 6.45) is 0.0943. The largest absolute Gasteiger partial charge is 0.500 e. The van der Waals surface area contributed by atoms with E-state index in [1.54, 1.807) is 49.0 Å². The smallest absolute Gasteiger partial charge is 0.463 e. The zero-order chi connectivity index (χ0) is 19.5. The lowest BCUT2D eigenvalue weighted by molar-refractivity contribution is -0.156. The molecule has 0 aliphatic rings. The molecule has 0 aliphatic carbocycles. The minimum atomic E-state index is -2.64. The van der Waals surface area contributed by atoms with Crippen LogP contribution in [-0.2, 0) is 32.3 Å². The fraction of sp³-hybridized carbons (Fsp3) is 0.875. The number of ether oxygens (including phenoxy) is 2. The van der Waals surface area contributed by atoms with E-state index in [1.807, 2.05) is 0 Å². The van der Waals surface area contributed by atoms with Crippen molar-refractivity contribution in [3.63, 3.8) is 0 Å². The van der Waals surface area contributed by atoms with Crippen molar-refractivity contribution < 1.29 is 32.3 Å². The minimum absolute atomic E-state index is 0.0782. The first-order valence-electron chi connectivity index (χ1n) is 8.48. The lowest BCUT2D eigenvalue weighted by Crippen LogP contribution is -2.45. The Morgan fingerprint density at radius 2 is 1.44 bits per heavy atom. The highest BCUT2D eigenvalue weighted by molar-refractivity contribution is 6.60. The zero-order valence-corrected chi connectivity index (χ0v) is 17.4. The molecule has 148 valence electrons. The van der Waals surface area contributed by atoms with Gasteiger partial charge in [-0.15, -0.1) is 0 Å². The zero-order valence-electron chi connectivity index (χ0n) is 16.4. The second-order valence-corrected chi connectivity index (χ2v) is 9.22. The van der Waals surface area contributed by atoms with Gasteiger partial charge in [-0.05, 0) is 40.7 Å². The van der Waals surface area contributed by atoms with Gasteiger partial charge in [0.15, 0.2) is 0 Å². The third kappa shape index (κ3) is 9.90. The standard InChI is InChI=1S/C16H33NO7Si/c1-12(2)23-15(18)11-14(16(19)24-13(3)4)17-9-8-10-25(20-5,21-6)22-7/h12-14,17H,8-11H2,1-7H3. The molecule has 0 aromatic heterocycles. The Hall–Kier alpha value is -1.00. The van der Waals surface area contributed by atoms with E-state index in [2.05, 4.69) is 5.32 Å². The van der Waals surface area contributed by atoms with Crippen LogP contribution in [0.4, 0.5) is 0 Å². The fourth-order valence-electron chi connectivity index (χ4n) is 2.17. The van der Waals surface area contributed by atoms with Gasteiger partial charge in [0.05, 0.1) is 18.6 Å². The fourth-order valence-corrected chi connectivity index (χ4v) is 3.89. The summed E-state index contributed by atoms with van der Waals surface area (Å²) in [5.41, 5.74) is 0. The summed E-state index contributed by atoms with van der Waals surface area (Å²) in [5.74, 6) is -0.910. The van der Waals surface area contributed by atoms with Gasteiger partial charge in [-0.2, -0.15) is 0 Å². The van der Waals surface area contributed by atoms with Crippen LogP contribution in [0.5, 0.6) is 0 Å². The lowest BCUT2D eigenvalue weighted by atomic mass is 10.2. The number of rotatable bonds is 13. The topological polar surface area (TPSA) is 92.3 Å². The Labute approximate surface area is 151 Å². The molecular weight excluding hydrogens is 346 g/mol. The third-order valence-corrected chi connectivity index (χ3v) is 6.19. The van der Waals surface area contributed by atoms with Gasteiger partial charge in [0.25, 0.3) is 0 Å². The molecule has 1 atom stereocenters. The van der Waals surface area contributed by atoms with Crippen molar-refractivity contribution in [2.24, 2.45) is 0 Å². The summed E-state index contributed by atoms with van der Waals surface area (Å²) in [6.45, 7) is 7.53. The second-order valence-electron chi connectivity index (χ2n) is 6.13. The molecule has 0 aromatic rings. The molecule has 8 nitrogen and oxygen atoms in total. The van der Waals surface area contributed by atoms with E-state index in [9.17, 15) is 9.59 Å². The molecule has 0 saturated carbocycles. The van der Waals surface area contributed by atoms with Crippen LogP contribution in [0.1, 0.15) is 40.5 Å². The van der Waals surface area contributed by atoms with E-state index in [-0.39, 0.29) is 18.6 Å². The molecule has 0 amide bonds. The molecule has 1 N–H and O–H groups in total. The Morgan fingerprint density at radius 1 is 0.920 bits per heavy atom. The van der Waals surface area contributed by atoms with E-state index < -0.39 is 26.8 Å². The van der Waals surface area contributed by atoms with E-state index in [1.165, 1.54) is 0 Å². The monoisotopic (exact) mass is 379 g/mol. The Balaban J connectivity index is 4.62. The highest BCUT2D eigenvalue weighted by Gasteiger charge is 2.37. The number of hydrogen-bond acceptors (Lipinski definition) is 8. The number of hydrogen-bond donors (Lipinski definition) is 1. The molecule has 0 rings (SSSR count). The van der Waals surface area contributed by atoms with Gasteiger partial charge < -0.3 is 28.1 Å². The molecule has 0 aliphatic heterocycles. The van der Waals surface area contributed by atoms with Crippen molar-refractivity contribution in [3.05, 3.63) is 0 Å². The van der Waals surface area contributed by atoms with E-state index in [4.69, 9.17) is 22.8 Å². The van der Waals surface area contributed by atoms with Crippen molar-refractivity contribution in [1.29, 1.82) is 0 Å². The molecule has 0 fully saturated rings. The normalized spacial score (nSPS) is 13.2. The van der Waals surface area contributed by atoms with Crippen LogP contribution in [0.2, 0.25) is 6.04 Å². The van der Waals surface area contributed by atoms with Crippen LogP contribution < -0.4 is 5.32 Å². The van der Waals surface area contributed by atoms with Crippen LogP contribution in [0.15, 0.2) is 0 Å². The quantitative estimate of drug-likeness (QED) is 0.292. The third-order valence-electron chi connectivity index (χ3n) is 3.36. The number of esters is 2. The average molecular weight is 380 g/mol. The number of nitrogens with one attached hydrogen (secondary N) is 1. The van der Waals surface area contributed by atoms with Gasteiger partial charge >= 0.3 is 20.7 Å². The van der Waals surface area contributed by atoms with Crippen molar-refractivity contribution in [3.8, 4) is 0 Å². The van der Waals surface area contributed by atoms with Crippen LogP contribution >= 0.6 is 0 Å². The molecule has 0 heterocycles. The first kappa shape index (κ1) is 24.0. The molecule has 1 unspecified atom stereocenters. The molecule has 0 aromatic carbocycles. The highest BCUT2D eigenvalue weighted by atomic mass is 28.4. The average Bonchev–Trinajstić information content (AvgIpc) is 2.53. The number of carbonyl (C=O) groups is 2. The molecule has 0 bridgehead atoms. The minimum Gasteiger partial charge on any atom is -0.463 e. The maximum atomic E-state index is 12.2. The van der Waals surface area contributed by atoms with Crippen molar-refractivity contribution in [1.82, 2.24) is 5.32 Å². The molecule has 9 heteroatoms. The Bertz CT molecular complexity index is 392. The maximum Gasteiger partial charge on any atom is 0.500 e. The summed E-state index contributed by atoms with van der Waals surface area (Å²) in [6, 6.07) is -0.163. The summed E-state index contributed by atoms with van der Waals surface area (Å²) in [4.78, 5) is 24.0. The van der Waals surface area contributed by atoms with Gasteiger partial charge in [0, 0.05) is 27.4 Å². The molecular formula is C16H33NO7Si. The Morgan fingerprint density at radius 3 is 1.88 bits per heavy atom. The highest BCUT2D eigenvalue weighted by Crippen LogP contribution is 2.14. The van der Waals surface area contributed by atoms with E-state index in [0.717, 1.165) is 0 Å². The molecule has 0 radical (unpaired) electrons. The lowest BCUT2D eigenvalue weighted by Gasteiger charge is -2.25. The summed E-state index contributed by atoms with van der Waals surface area (Å²) in [7, 11) is 2.01. The van der Waals surface area contributed by atoms with Crippen LogP contribution in [0.25, 0.3) is 0 Å². The molecule has 25 heavy (non-hydrogen) atoms. The Kier molecular flexibility index (Phi) is 11.9. The van der Waals surface area contributed by atoms with Gasteiger partial charge in [0.2, 0.25) is 0 Å². The van der Waals surface area contributed by atoms with Gasteiger partial charge in [-0.25, -0.2) is 0 Å². The predicted octanol–water partition coefficient (Wildman–Crippen LogP) is 1.51. The van der Waals surface area contributed by atoms with E-state index >= 15 is 0 Å². The maximum absolute atomic E-state index is 12.2. The molecule has 0 saturated heterocycles. The van der Waals surface area contributed by atoms with Crippen LogP contribution in [-0.4, -0.2) is 66.9 Å². The SMILES string of the molecule is CO[Si](CCCNC(CC(=O)OC(C)C)C(=O)OC(C)C)(OC)OC. The summed E-state index contributed by atoms with van der Waals surface area (Å²) in [5, 5.41) is 3.05. The van der Waals surface area contributed by atoms with Crippen LogP contribution in [0, 0.1) is 0 Å². The number of carbonyl (C=O) groups excluding carboxylic acids is 2. The molecule has 0 spiro atoms. The first-order chi connectivity index (χ1) is 11.7. The van der Waals surface area contributed by atoms with E-state index in [0.29, 0.717) is 19.0 Å². The summed E-state index contributed by atoms with van der Waals surface area (Å²) < 4.78 is 26.4. The summed E-state index contributed by atoms with van der Waals surface area (Å²) >= 11 is 0. The van der Waals surface area contributed by atoms with Crippen molar-refractivity contribution in [2.75, 3.05) is 27.9 Å². The van der Waals surface area contributed by atoms with Gasteiger partial charge in [0.1, 0.15) is 6.04 Å². The van der Waals surface area contributed by atoms with Crippen molar-refractivity contribution >= 4 is 20.7 Å². The second kappa shape index (κ2) is 12.4. The van der Waals surface area contributed by atoms with Crippen molar-refractivity contribution in [2.45, 2.75) is 64.8 Å². The first-order valence-corrected chi connectivity index (χ1v) is 10.4. The van der Waals surface area contributed by atoms with Crippen LogP contribution in [0.3, 0.4) is 0 Å². The van der Waals surface area contributed by atoms with Gasteiger partial charge in [-0.1, -0.05) is 0 Å².